The highest BCUT2D eigenvalue weighted by molar-refractivity contribution is 8.26. The van der Waals surface area contributed by atoms with Gasteiger partial charge in [0, 0.05) is 11.3 Å². The fourth-order valence-corrected chi connectivity index (χ4v) is 4.93. The molecule has 2 heterocycles. The van der Waals surface area contributed by atoms with Gasteiger partial charge in [0.2, 0.25) is 5.88 Å². The van der Waals surface area contributed by atoms with Gasteiger partial charge in [-0.3, -0.25) is 18.9 Å². The lowest BCUT2D eigenvalue weighted by molar-refractivity contribution is -0.154. The van der Waals surface area contributed by atoms with Crippen molar-refractivity contribution in [2.45, 2.75) is 37.2 Å². The van der Waals surface area contributed by atoms with Gasteiger partial charge in [-0.1, -0.05) is 0 Å². The summed E-state index contributed by atoms with van der Waals surface area (Å²) in [5.74, 6) is -2.21. The van der Waals surface area contributed by atoms with Gasteiger partial charge in [-0.2, -0.15) is 23.8 Å². The van der Waals surface area contributed by atoms with Crippen LogP contribution in [-0.4, -0.2) is 54.1 Å². The molecule has 0 saturated carbocycles. The number of aromatic nitrogens is 2. The number of benzene rings is 1. The van der Waals surface area contributed by atoms with Crippen LogP contribution in [0.2, 0.25) is 0 Å². The van der Waals surface area contributed by atoms with Crippen molar-refractivity contribution in [3.8, 4) is 5.88 Å². The molecule has 0 bridgehead atoms. The van der Waals surface area contributed by atoms with E-state index in [0.29, 0.717) is 0 Å². The van der Waals surface area contributed by atoms with Gasteiger partial charge in [0.15, 0.2) is 6.61 Å². The molecule has 0 fully saturated rings. The number of rotatable bonds is 5. The molecule has 14 heteroatoms. The highest BCUT2D eigenvalue weighted by Gasteiger charge is 2.49. The lowest BCUT2D eigenvalue weighted by atomic mass is 9.92. The van der Waals surface area contributed by atoms with Crippen LogP contribution in [0.1, 0.15) is 36.8 Å². The van der Waals surface area contributed by atoms with Gasteiger partial charge in [-0.25, -0.2) is 14.4 Å². The van der Waals surface area contributed by atoms with Crippen LogP contribution >= 0.6 is 10.6 Å². The van der Waals surface area contributed by atoms with E-state index in [1.165, 1.54) is 32.9 Å². The highest BCUT2D eigenvalue weighted by Crippen LogP contribution is 2.59. The molecule has 9 nitrogen and oxygen atoms in total. The third kappa shape index (κ3) is 5.23. The second-order valence-corrected chi connectivity index (χ2v) is 11.0. The standard InChI is InChI=1S/C20H23F4N5O4S/c1-18(2)17(25)29-19(3,10-34(18,31)32)12-6-11(4-5-13(12)21)28-16(30)14-7-27-15(8-26-14)33-9-20(22,23)24/h4-8,31-32H,9-10H2,1-3H3,(H2,25,29)(H,28,30)/t19-/m0/s1. The first-order chi connectivity index (χ1) is 15.5. The lowest BCUT2D eigenvalue weighted by Gasteiger charge is -2.53. The number of anilines is 1. The average Bonchev–Trinajstić information content (AvgIpc) is 2.71. The second kappa shape index (κ2) is 8.67. The van der Waals surface area contributed by atoms with Gasteiger partial charge in [0.1, 0.15) is 27.6 Å². The summed E-state index contributed by atoms with van der Waals surface area (Å²) < 4.78 is 75.9. The Kier molecular flexibility index (Phi) is 6.54. The van der Waals surface area contributed by atoms with Crippen molar-refractivity contribution in [2.75, 3.05) is 17.7 Å². The predicted octanol–water partition coefficient (Wildman–Crippen LogP) is 3.92. The number of carbonyl (C=O) groups is 1. The van der Waals surface area contributed by atoms with Crippen molar-refractivity contribution < 1.29 is 36.2 Å². The van der Waals surface area contributed by atoms with Crippen molar-refractivity contribution in [3.05, 3.63) is 47.7 Å². The first-order valence-electron chi connectivity index (χ1n) is 9.78. The fraction of sp³-hybridized carbons (Fsp3) is 0.400. The van der Waals surface area contributed by atoms with Crippen LogP contribution in [0.25, 0.3) is 0 Å². The highest BCUT2D eigenvalue weighted by atomic mass is 32.3. The van der Waals surface area contributed by atoms with E-state index in [4.69, 9.17) is 5.73 Å². The number of aliphatic imine (C=N–C) groups is 1. The van der Waals surface area contributed by atoms with Gasteiger partial charge in [0.05, 0.1) is 18.1 Å². The number of nitrogens with zero attached hydrogens (tertiary/aromatic N) is 3. The van der Waals surface area contributed by atoms with E-state index in [0.717, 1.165) is 18.5 Å². The van der Waals surface area contributed by atoms with Crippen LogP contribution in [0.5, 0.6) is 5.88 Å². The summed E-state index contributed by atoms with van der Waals surface area (Å²) >= 11 is 0. The normalized spacial score (nSPS) is 22.4. The molecule has 3 rings (SSSR count). The quantitative estimate of drug-likeness (QED) is 0.451. The van der Waals surface area contributed by atoms with Crippen LogP contribution < -0.4 is 15.8 Å². The maximum atomic E-state index is 14.7. The van der Waals surface area contributed by atoms with Gasteiger partial charge >= 0.3 is 6.18 Å². The number of amidine groups is 1. The minimum Gasteiger partial charge on any atom is -0.467 e. The van der Waals surface area contributed by atoms with E-state index in [9.17, 15) is 31.5 Å². The van der Waals surface area contributed by atoms with Gasteiger partial charge in [0.25, 0.3) is 5.91 Å². The molecule has 0 radical (unpaired) electrons. The number of nitrogens with one attached hydrogen (secondary N) is 1. The van der Waals surface area contributed by atoms with E-state index in [2.05, 4.69) is 25.0 Å². The minimum atomic E-state index is -4.55. The maximum Gasteiger partial charge on any atom is 0.422 e. The Balaban J connectivity index is 1.82. The maximum absolute atomic E-state index is 14.7. The largest absolute Gasteiger partial charge is 0.467 e. The van der Waals surface area contributed by atoms with Crippen LogP contribution in [0.15, 0.2) is 35.6 Å². The number of hydrogen-bond acceptors (Lipinski definition) is 8. The Hall–Kier alpha value is -2.97. The smallest absolute Gasteiger partial charge is 0.422 e. The Labute approximate surface area is 193 Å². The van der Waals surface area contributed by atoms with Gasteiger partial charge in [-0.15, -0.1) is 0 Å². The Morgan fingerprint density at radius 3 is 2.47 bits per heavy atom. The van der Waals surface area contributed by atoms with E-state index >= 15 is 0 Å². The fourth-order valence-electron chi connectivity index (χ4n) is 3.19. The molecule has 2 aromatic rings. The van der Waals surface area contributed by atoms with Crippen LogP contribution in [0.4, 0.5) is 23.2 Å². The summed E-state index contributed by atoms with van der Waals surface area (Å²) in [6, 6.07) is 3.63. The zero-order valence-electron chi connectivity index (χ0n) is 18.4. The zero-order valence-corrected chi connectivity index (χ0v) is 19.2. The number of alkyl halides is 3. The van der Waals surface area contributed by atoms with Crippen LogP contribution in [0, 0.1) is 5.82 Å². The Bertz CT molecular complexity index is 1120. The van der Waals surface area contributed by atoms with E-state index in [1.807, 2.05) is 0 Å². The molecule has 186 valence electrons. The molecular weight excluding hydrogens is 482 g/mol. The molecular formula is C20H23F4N5O4S. The van der Waals surface area contributed by atoms with Gasteiger partial charge in [-0.05, 0) is 39.0 Å². The molecule has 1 aromatic heterocycles. The number of amides is 1. The summed E-state index contributed by atoms with van der Waals surface area (Å²) in [7, 11) is -3.29. The van der Waals surface area contributed by atoms with E-state index in [-0.39, 0.29) is 28.5 Å². The van der Waals surface area contributed by atoms with Crippen molar-refractivity contribution >= 4 is 28.0 Å². The van der Waals surface area contributed by atoms with Crippen molar-refractivity contribution in [1.29, 1.82) is 0 Å². The number of nitrogens with two attached hydrogens (primary N) is 1. The molecule has 1 atom stereocenters. The topological polar surface area (TPSA) is 143 Å². The molecule has 0 spiro atoms. The van der Waals surface area contributed by atoms with Crippen molar-refractivity contribution in [3.63, 3.8) is 0 Å². The number of halogens is 4. The second-order valence-electron chi connectivity index (χ2n) is 8.38. The summed E-state index contributed by atoms with van der Waals surface area (Å²) in [6.07, 6.45) is -2.76. The third-order valence-corrected chi connectivity index (χ3v) is 8.14. The Morgan fingerprint density at radius 1 is 1.24 bits per heavy atom. The van der Waals surface area contributed by atoms with Crippen molar-refractivity contribution in [2.24, 2.45) is 10.7 Å². The molecule has 1 amide bonds. The zero-order chi connectivity index (χ0) is 25.5. The number of hydrogen-bond donors (Lipinski definition) is 4. The third-order valence-electron chi connectivity index (χ3n) is 5.33. The van der Waals surface area contributed by atoms with E-state index in [1.54, 1.807) is 0 Å². The van der Waals surface area contributed by atoms with Gasteiger partial charge < -0.3 is 15.8 Å². The average molecular weight is 505 g/mol. The molecule has 0 aliphatic carbocycles. The predicted molar refractivity (Wildman–Crippen MR) is 119 cm³/mol. The van der Waals surface area contributed by atoms with Crippen LogP contribution in [0.3, 0.4) is 0 Å². The number of carbonyl (C=O) groups excluding carboxylic acids is 1. The first-order valence-corrected chi connectivity index (χ1v) is 11.5. The summed E-state index contributed by atoms with van der Waals surface area (Å²) in [4.78, 5) is 24.2. The number of ether oxygens (including phenoxy) is 1. The first kappa shape index (κ1) is 25.6. The van der Waals surface area contributed by atoms with Crippen molar-refractivity contribution in [1.82, 2.24) is 9.97 Å². The SMILES string of the molecule is CC1(C)C(N)=N[C@](C)(c2cc(NC(=O)c3cnc(OCC(F)(F)F)cn3)ccc2F)CS1(O)O. The molecule has 0 unspecified atom stereocenters. The summed E-state index contributed by atoms with van der Waals surface area (Å²) in [5.41, 5.74) is 4.44. The van der Waals surface area contributed by atoms with E-state index < -0.39 is 51.3 Å². The lowest BCUT2D eigenvalue weighted by Crippen LogP contribution is -2.52. The molecule has 0 saturated heterocycles. The molecule has 1 aliphatic heterocycles. The molecule has 1 aliphatic rings. The molecule has 5 N–H and O–H groups in total. The van der Waals surface area contributed by atoms with Crippen LogP contribution in [-0.2, 0) is 5.54 Å². The molecule has 1 aromatic carbocycles. The Morgan fingerprint density at radius 2 is 1.91 bits per heavy atom. The molecule has 34 heavy (non-hydrogen) atoms. The summed E-state index contributed by atoms with van der Waals surface area (Å²) in [6.45, 7) is 3.01. The monoisotopic (exact) mass is 505 g/mol. The minimum absolute atomic E-state index is 0.0225. The summed E-state index contributed by atoms with van der Waals surface area (Å²) in [5, 5.41) is 2.48.